The van der Waals surface area contributed by atoms with E-state index in [0.717, 1.165) is 43.4 Å². The van der Waals surface area contributed by atoms with E-state index in [1.165, 1.54) is 22.4 Å². The number of carbonyl (C=O) groups is 1. The second-order valence-corrected chi connectivity index (χ2v) is 8.07. The summed E-state index contributed by atoms with van der Waals surface area (Å²) in [6.45, 7) is 4.58. The summed E-state index contributed by atoms with van der Waals surface area (Å²) in [5.41, 5.74) is 5.65. The highest BCUT2D eigenvalue weighted by molar-refractivity contribution is 5.91. The molecule has 3 aromatic rings. The van der Waals surface area contributed by atoms with E-state index >= 15 is 0 Å². The summed E-state index contributed by atoms with van der Waals surface area (Å²) in [5.74, 6) is 0.0255. The van der Waals surface area contributed by atoms with Crippen molar-refractivity contribution in [3.05, 3.63) is 84.4 Å². The number of ether oxygens (including phenoxy) is 1. The molecule has 4 rings (SSSR count). The fourth-order valence-electron chi connectivity index (χ4n) is 3.91. The number of hydrogen-bond donors (Lipinski definition) is 2. The van der Waals surface area contributed by atoms with Gasteiger partial charge in [0.1, 0.15) is 6.54 Å². The molecule has 0 spiro atoms. The molecule has 0 bridgehead atoms. The number of amides is 1. The summed E-state index contributed by atoms with van der Waals surface area (Å²) in [5, 5.41) is 3.02. The van der Waals surface area contributed by atoms with Crippen LogP contribution in [-0.4, -0.2) is 45.8 Å². The fraction of sp³-hybridized carbons (Fsp3) is 0.269. The minimum absolute atomic E-state index is 0.0255. The molecule has 0 aliphatic carbocycles. The zero-order chi connectivity index (χ0) is 21.5. The van der Waals surface area contributed by atoms with Crippen molar-refractivity contribution in [2.45, 2.75) is 6.54 Å². The van der Waals surface area contributed by atoms with E-state index < -0.39 is 0 Å². The Morgan fingerprint density at radius 1 is 0.903 bits per heavy atom. The highest BCUT2D eigenvalue weighted by Crippen LogP contribution is 2.20. The zero-order valence-corrected chi connectivity index (χ0v) is 18.0. The topological polar surface area (TPSA) is 46.0 Å². The Bertz CT molecular complexity index is 966. The third-order valence-corrected chi connectivity index (χ3v) is 5.56. The van der Waals surface area contributed by atoms with Crippen molar-refractivity contribution in [3.8, 4) is 11.1 Å². The van der Waals surface area contributed by atoms with Crippen LogP contribution in [0.1, 0.15) is 5.56 Å². The largest absolute Gasteiger partial charge is 0.378 e. The van der Waals surface area contributed by atoms with Crippen LogP contribution in [0, 0.1) is 0 Å². The van der Waals surface area contributed by atoms with E-state index in [-0.39, 0.29) is 5.91 Å². The molecule has 1 amide bonds. The van der Waals surface area contributed by atoms with Gasteiger partial charge in [0, 0.05) is 30.0 Å². The van der Waals surface area contributed by atoms with Crippen molar-refractivity contribution < 1.29 is 14.4 Å². The molecule has 2 N–H and O–H groups in total. The number of carbonyl (C=O) groups excluding carboxylic acids is 1. The van der Waals surface area contributed by atoms with Crippen molar-refractivity contribution in [2.75, 3.05) is 50.1 Å². The summed E-state index contributed by atoms with van der Waals surface area (Å²) in [4.78, 5) is 15.9. The second kappa shape index (κ2) is 10.2. The minimum atomic E-state index is 0.0255. The summed E-state index contributed by atoms with van der Waals surface area (Å²) >= 11 is 0. The number of nitrogens with one attached hydrogen (secondary N) is 2. The van der Waals surface area contributed by atoms with Gasteiger partial charge in [-0.1, -0.05) is 54.6 Å². The molecule has 1 heterocycles. The van der Waals surface area contributed by atoms with Crippen LogP contribution in [0.5, 0.6) is 0 Å². The van der Waals surface area contributed by atoms with Crippen LogP contribution in [0.4, 0.5) is 11.4 Å². The van der Waals surface area contributed by atoms with Gasteiger partial charge in [0.25, 0.3) is 5.91 Å². The number of anilines is 2. The first-order chi connectivity index (χ1) is 15.2. The second-order valence-electron chi connectivity index (χ2n) is 8.07. The quantitative estimate of drug-likeness (QED) is 0.623. The first-order valence-corrected chi connectivity index (χ1v) is 10.9. The van der Waals surface area contributed by atoms with Gasteiger partial charge in [-0.25, -0.2) is 0 Å². The number of quaternary nitrogens is 1. The molecule has 160 valence electrons. The molecule has 1 aliphatic heterocycles. The van der Waals surface area contributed by atoms with E-state index in [1.54, 1.807) is 0 Å². The average Bonchev–Trinajstić information content (AvgIpc) is 2.81. The van der Waals surface area contributed by atoms with Crippen LogP contribution in [0.25, 0.3) is 11.1 Å². The monoisotopic (exact) mass is 416 g/mol. The molecular weight excluding hydrogens is 386 g/mol. The molecule has 0 radical (unpaired) electrons. The van der Waals surface area contributed by atoms with Crippen LogP contribution < -0.4 is 15.1 Å². The fourth-order valence-corrected chi connectivity index (χ4v) is 3.91. The van der Waals surface area contributed by atoms with E-state index in [1.807, 2.05) is 25.2 Å². The number of rotatable bonds is 7. The van der Waals surface area contributed by atoms with Gasteiger partial charge >= 0.3 is 0 Å². The molecule has 5 heteroatoms. The summed E-state index contributed by atoms with van der Waals surface area (Å²) in [6, 6.07) is 27.0. The number of benzene rings is 3. The van der Waals surface area contributed by atoms with Gasteiger partial charge in [0.2, 0.25) is 0 Å². The number of nitrogens with zero attached hydrogens (tertiary/aromatic N) is 1. The Labute approximate surface area is 184 Å². The summed E-state index contributed by atoms with van der Waals surface area (Å²) < 4.78 is 5.40. The molecule has 1 aliphatic rings. The van der Waals surface area contributed by atoms with Crippen LogP contribution in [0.15, 0.2) is 78.9 Å². The Morgan fingerprint density at radius 3 is 2.23 bits per heavy atom. The van der Waals surface area contributed by atoms with E-state index in [9.17, 15) is 4.79 Å². The normalized spacial score (nSPS) is 14.8. The van der Waals surface area contributed by atoms with Crippen LogP contribution in [-0.2, 0) is 16.1 Å². The predicted molar refractivity (Wildman–Crippen MR) is 125 cm³/mol. The molecule has 3 aromatic carbocycles. The number of morpholine rings is 1. The van der Waals surface area contributed by atoms with Gasteiger partial charge in [-0.2, -0.15) is 0 Å². The molecule has 1 atom stereocenters. The zero-order valence-electron chi connectivity index (χ0n) is 18.0. The number of likely N-dealkylation sites (N-methyl/N-ethyl adjacent to an activating group) is 1. The SMILES string of the molecule is C[NH+](CC(=O)Nc1ccc(N2CCOCC2)cc1)Cc1ccc(-c2ccccc2)cc1. The maximum absolute atomic E-state index is 12.5. The lowest BCUT2D eigenvalue weighted by atomic mass is 10.0. The van der Waals surface area contributed by atoms with Crippen molar-refractivity contribution in [1.29, 1.82) is 0 Å². The lowest BCUT2D eigenvalue weighted by Gasteiger charge is -2.28. The first kappa shape index (κ1) is 21.1. The molecule has 1 fully saturated rings. The summed E-state index contributed by atoms with van der Waals surface area (Å²) in [6.07, 6.45) is 0. The summed E-state index contributed by atoms with van der Waals surface area (Å²) in [7, 11) is 2.05. The first-order valence-electron chi connectivity index (χ1n) is 10.9. The van der Waals surface area contributed by atoms with Gasteiger partial charge < -0.3 is 19.9 Å². The Kier molecular flexibility index (Phi) is 6.97. The molecule has 1 unspecified atom stereocenters. The Morgan fingerprint density at radius 2 is 1.55 bits per heavy atom. The maximum Gasteiger partial charge on any atom is 0.279 e. The molecule has 31 heavy (non-hydrogen) atoms. The number of hydrogen-bond acceptors (Lipinski definition) is 3. The van der Waals surface area contributed by atoms with Crippen LogP contribution in [0.2, 0.25) is 0 Å². The third-order valence-electron chi connectivity index (χ3n) is 5.56. The lowest BCUT2D eigenvalue weighted by Crippen LogP contribution is -3.08. The molecule has 0 saturated carbocycles. The van der Waals surface area contributed by atoms with Crippen LogP contribution >= 0.6 is 0 Å². The standard InChI is InChI=1S/C26H29N3O2/c1-28(19-21-7-9-23(10-8-21)22-5-3-2-4-6-22)20-26(30)27-24-11-13-25(14-12-24)29-15-17-31-18-16-29/h2-14H,15-20H2,1H3,(H,27,30)/p+1. The van der Waals surface area contributed by atoms with Crippen LogP contribution in [0.3, 0.4) is 0 Å². The van der Waals surface area contributed by atoms with Crippen molar-refractivity contribution in [3.63, 3.8) is 0 Å². The Hall–Kier alpha value is -3.15. The van der Waals surface area contributed by atoms with E-state index in [2.05, 4.69) is 70.9 Å². The van der Waals surface area contributed by atoms with Gasteiger partial charge in [-0.3, -0.25) is 4.79 Å². The molecular formula is C26H30N3O2+. The van der Waals surface area contributed by atoms with E-state index in [4.69, 9.17) is 4.74 Å². The highest BCUT2D eigenvalue weighted by Gasteiger charge is 2.13. The highest BCUT2D eigenvalue weighted by atomic mass is 16.5. The maximum atomic E-state index is 12.5. The van der Waals surface area contributed by atoms with Gasteiger partial charge in [-0.05, 0) is 35.4 Å². The molecule has 0 aromatic heterocycles. The Balaban J connectivity index is 1.26. The lowest BCUT2D eigenvalue weighted by molar-refractivity contribution is -0.885. The predicted octanol–water partition coefficient (Wildman–Crippen LogP) is 2.84. The smallest absolute Gasteiger partial charge is 0.279 e. The third kappa shape index (κ3) is 5.94. The van der Waals surface area contributed by atoms with Crippen molar-refractivity contribution in [1.82, 2.24) is 0 Å². The molecule has 1 saturated heterocycles. The van der Waals surface area contributed by atoms with E-state index in [0.29, 0.717) is 6.54 Å². The van der Waals surface area contributed by atoms with Crippen molar-refractivity contribution in [2.24, 2.45) is 0 Å². The van der Waals surface area contributed by atoms with Gasteiger partial charge in [-0.15, -0.1) is 0 Å². The minimum Gasteiger partial charge on any atom is -0.378 e. The van der Waals surface area contributed by atoms with Gasteiger partial charge in [0.05, 0.1) is 20.3 Å². The van der Waals surface area contributed by atoms with Gasteiger partial charge in [0.15, 0.2) is 6.54 Å². The average molecular weight is 417 g/mol. The van der Waals surface area contributed by atoms with Crippen molar-refractivity contribution >= 4 is 17.3 Å². The molecule has 5 nitrogen and oxygen atoms in total.